The summed E-state index contributed by atoms with van der Waals surface area (Å²) < 4.78 is 15.4. The Bertz CT molecular complexity index is 242. The van der Waals surface area contributed by atoms with Crippen LogP contribution in [0.3, 0.4) is 0 Å². The van der Waals surface area contributed by atoms with Crippen molar-refractivity contribution in [2.24, 2.45) is 0 Å². The van der Waals surface area contributed by atoms with Crippen molar-refractivity contribution >= 4 is 0 Å². The smallest absolute Gasteiger partial charge is 0.146 e. The van der Waals surface area contributed by atoms with Crippen LogP contribution in [0.2, 0.25) is 0 Å². The minimum absolute atomic E-state index is 0.389. The number of hydrogen-bond donors (Lipinski definition) is 0. The van der Waals surface area contributed by atoms with E-state index >= 15 is 0 Å². The maximum atomic E-state index is 5.45. The number of unbranched alkanes of at least 4 members (excludes halogenated alkanes) is 1. The molecule has 0 spiro atoms. The van der Waals surface area contributed by atoms with Crippen LogP contribution < -0.4 is 0 Å². The fourth-order valence-electron chi connectivity index (χ4n) is 1.27. The highest BCUT2D eigenvalue weighted by Gasteiger charge is 1.97. The molecule has 0 bridgehead atoms. The molecule has 80 valence electrons. The van der Waals surface area contributed by atoms with E-state index in [0.29, 0.717) is 6.79 Å². The molecular weight excluding hydrogens is 180 g/mol. The molecule has 0 saturated carbocycles. The van der Waals surface area contributed by atoms with Gasteiger partial charge in [-0.3, -0.25) is 0 Å². The lowest BCUT2D eigenvalue weighted by Gasteiger charge is -2.01. The van der Waals surface area contributed by atoms with Crippen LogP contribution in [0.4, 0.5) is 0 Å². The molecule has 0 atom stereocenters. The zero-order valence-electron chi connectivity index (χ0n) is 8.91. The van der Waals surface area contributed by atoms with Crippen LogP contribution in [-0.4, -0.2) is 20.5 Å². The summed E-state index contributed by atoms with van der Waals surface area (Å²) in [6.07, 6.45) is 3.13. The lowest BCUT2D eigenvalue weighted by molar-refractivity contribution is -0.0314. The van der Waals surface area contributed by atoms with Gasteiger partial charge >= 0.3 is 0 Å². The fraction of sp³-hybridized carbons (Fsp3) is 0.636. The molecule has 1 rings (SSSR count). The highest BCUT2D eigenvalue weighted by atomic mass is 16.7. The first-order valence-corrected chi connectivity index (χ1v) is 4.95. The molecule has 0 aliphatic heterocycles. The van der Waals surface area contributed by atoms with Gasteiger partial charge in [-0.05, 0) is 31.9 Å². The largest absolute Gasteiger partial charge is 0.466 e. The number of ether oxygens (including phenoxy) is 2. The zero-order valence-corrected chi connectivity index (χ0v) is 8.91. The minimum Gasteiger partial charge on any atom is -0.466 e. The van der Waals surface area contributed by atoms with Crippen LogP contribution in [0, 0.1) is 6.92 Å². The van der Waals surface area contributed by atoms with Crippen molar-refractivity contribution in [1.29, 1.82) is 0 Å². The molecule has 0 radical (unpaired) electrons. The second-order valence-electron chi connectivity index (χ2n) is 3.28. The summed E-state index contributed by atoms with van der Waals surface area (Å²) in [7, 11) is 1.63. The topological polar surface area (TPSA) is 31.6 Å². The van der Waals surface area contributed by atoms with Gasteiger partial charge < -0.3 is 13.9 Å². The minimum atomic E-state index is 0.389. The monoisotopic (exact) mass is 198 g/mol. The maximum Gasteiger partial charge on any atom is 0.146 e. The van der Waals surface area contributed by atoms with Crippen LogP contribution in [0.25, 0.3) is 0 Å². The summed E-state index contributed by atoms with van der Waals surface area (Å²) >= 11 is 0. The van der Waals surface area contributed by atoms with Gasteiger partial charge in [0, 0.05) is 20.1 Å². The predicted molar refractivity (Wildman–Crippen MR) is 54.2 cm³/mol. The van der Waals surface area contributed by atoms with E-state index in [1.807, 2.05) is 19.1 Å². The molecule has 0 N–H and O–H groups in total. The Hall–Kier alpha value is -0.800. The molecule has 1 aromatic rings. The van der Waals surface area contributed by atoms with Crippen molar-refractivity contribution < 1.29 is 13.9 Å². The molecule has 0 amide bonds. The van der Waals surface area contributed by atoms with Gasteiger partial charge in [0.15, 0.2) is 0 Å². The van der Waals surface area contributed by atoms with Crippen molar-refractivity contribution in [2.75, 3.05) is 20.5 Å². The number of hydrogen-bond acceptors (Lipinski definition) is 3. The molecule has 0 aliphatic carbocycles. The average Bonchev–Trinajstić information content (AvgIpc) is 2.58. The number of aryl methyl sites for hydroxylation is 2. The highest BCUT2D eigenvalue weighted by molar-refractivity contribution is 5.05. The molecule has 0 saturated heterocycles. The van der Waals surface area contributed by atoms with E-state index < -0.39 is 0 Å². The van der Waals surface area contributed by atoms with Crippen molar-refractivity contribution in [3.63, 3.8) is 0 Å². The van der Waals surface area contributed by atoms with Crippen molar-refractivity contribution in [3.05, 3.63) is 23.7 Å². The third-order valence-corrected chi connectivity index (χ3v) is 1.96. The van der Waals surface area contributed by atoms with E-state index in [1.54, 1.807) is 7.11 Å². The first-order valence-electron chi connectivity index (χ1n) is 4.95. The molecule has 3 nitrogen and oxygen atoms in total. The number of rotatable bonds is 7. The van der Waals surface area contributed by atoms with Crippen LogP contribution in [0.1, 0.15) is 24.4 Å². The third-order valence-electron chi connectivity index (χ3n) is 1.96. The Labute approximate surface area is 85.0 Å². The Morgan fingerprint density at radius 2 is 2.14 bits per heavy atom. The normalized spacial score (nSPS) is 10.7. The lowest BCUT2D eigenvalue weighted by atomic mass is 10.2. The molecule has 3 heteroatoms. The van der Waals surface area contributed by atoms with E-state index in [0.717, 1.165) is 37.4 Å². The Kier molecular flexibility index (Phi) is 5.33. The number of methoxy groups -OCH3 is 1. The molecule has 14 heavy (non-hydrogen) atoms. The Balaban J connectivity index is 1.99. The maximum absolute atomic E-state index is 5.45. The van der Waals surface area contributed by atoms with Gasteiger partial charge in [-0.25, -0.2) is 0 Å². The fourth-order valence-corrected chi connectivity index (χ4v) is 1.27. The van der Waals surface area contributed by atoms with E-state index in [2.05, 4.69) is 0 Å². The van der Waals surface area contributed by atoms with Crippen LogP contribution in [-0.2, 0) is 15.9 Å². The van der Waals surface area contributed by atoms with Crippen LogP contribution in [0.5, 0.6) is 0 Å². The second kappa shape index (κ2) is 6.62. The summed E-state index contributed by atoms with van der Waals surface area (Å²) in [6, 6.07) is 4.03. The molecule has 1 heterocycles. The van der Waals surface area contributed by atoms with Gasteiger partial charge in [-0.2, -0.15) is 0 Å². The summed E-state index contributed by atoms with van der Waals surface area (Å²) in [4.78, 5) is 0. The molecular formula is C11H18O3. The average molecular weight is 198 g/mol. The zero-order chi connectivity index (χ0) is 10.2. The molecule has 0 unspecified atom stereocenters. The molecule has 0 aliphatic rings. The van der Waals surface area contributed by atoms with Crippen molar-refractivity contribution in [2.45, 2.75) is 26.2 Å². The van der Waals surface area contributed by atoms with Gasteiger partial charge in [0.1, 0.15) is 18.3 Å². The Morgan fingerprint density at radius 3 is 2.79 bits per heavy atom. The summed E-state index contributed by atoms with van der Waals surface area (Å²) in [5, 5.41) is 0. The molecule has 0 aromatic carbocycles. The highest BCUT2D eigenvalue weighted by Crippen LogP contribution is 2.09. The number of furan rings is 1. The first kappa shape index (κ1) is 11.3. The summed E-state index contributed by atoms with van der Waals surface area (Å²) in [5.41, 5.74) is 0. The SMILES string of the molecule is COCOCCCCc1ccc(C)o1. The Morgan fingerprint density at radius 1 is 1.29 bits per heavy atom. The van der Waals surface area contributed by atoms with Gasteiger partial charge in [0.2, 0.25) is 0 Å². The summed E-state index contributed by atoms with van der Waals surface area (Å²) in [6.45, 7) is 3.11. The quantitative estimate of drug-likeness (QED) is 0.498. The second-order valence-corrected chi connectivity index (χ2v) is 3.28. The van der Waals surface area contributed by atoms with Gasteiger partial charge in [-0.15, -0.1) is 0 Å². The standard InChI is InChI=1S/C11H18O3/c1-10-6-7-11(14-10)5-3-4-8-13-9-12-2/h6-7H,3-5,8-9H2,1-2H3. The van der Waals surface area contributed by atoms with Crippen molar-refractivity contribution in [1.82, 2.24) is 0 Å². The first-order chi connectivity index (χ1) is 6.83. The van der Waals surface area contributed by atoms with E-state index in [-0.39, 0.29) is 0 Å². The third kappa shape index (κ3) is 4.44. The van der Waals surface area contributed by atoms with Crippen molar-refractivity contribution in [3.8, 4) is 0 Å². The van der Waals surface area contributed by atoms with E-state index in [4.69, 9.17) is 13.9 Å². The predicted octanol–water partition coefficient (Wildman–Crippen LogP) is 2.53. The van der Waals surface area contributed by atoms with Gasteiger partial charge in [0.05, 0.1) is 0 Å². The van der Waals surface area contributed by atoms with Crippen LogP contribution >= 0.6 is 0 Å². The lowest BCUT2D eigenvalue weighted by Crippen LogP contribution is -1.98. The molecule has 0 fully saturated rings. The van der Waals surface area contributed by atoms with E-state index in [1.165, 1.54) is 0 Å². The van der Waals surface area contributed by atoms with Gasteiger partial charge in [-0.1, -0.05) is 0 Å². The van der Waals surface area contributed by atoms with Crippen LogP contribution in [0.15, 0.2) is 16.5 Å². The summed E-state index contributed by atoms with van der Waals surface area (Å²) in [5.74, 6) is 2.05. The van der Waals surface area contributed by atoms with Gasteiger partial charge in [0.25, 0.3) is 0 Å². The van der Waals surface area contributed by atoms with E-state index in [9.17, 15) is 0 Å². The molecule has 1 aromatic heterocycles.